The number of anilines is 2. The Labute approximate surface area is 459 Å². The molecule has 0 fully saturated rings. The third-order valence-electron chi connectivity index (χ3n) is 10.4. The van der Waals surface area contributed by atoms with E-state index in [0.717, 1.165) is 61.5 Å². The maximum atomic E-state index is 12.4. The highest BCUT2D eigenvalue weighted by Crippen LogP contribution is 2.35. The van der Waals surface area contributed by atoms with E-state index in [1.807, 2.05) is 84.0 Å². The summed E-state index contributed by atoms with van der Waals surface area (Å²) in [5.41, 5.74) is 9.05. The number of benzene rings is 6. The molecule has 8 aromatic rings. The molecule has 0 spiro atoms. The number of hydrogen-bond acceptors (Lipinski definition) is 5. The van der Waals surface area contributed by atoms with Gasteiger partial charge in [0.15, 0.2) is 0 Å². The molecule has 0 saturated carbocycles. The predicted molar refractivity (Wildman–Crippen MR) is 307 cm³/mol. The molecule has 2 heterocycles. The molecule has 2 aromatic heterocycles. The lowest BCUT2D eigenvalue weighted by atomic mass is 9.97. The second kappa shape index (κ2) is 25.3. The molecule has 0 unspecified atom stereocenters. The van der Waals surface area contributed by atoms with Crippen molar-refractivity contribution in [3.05, 3.63) is 145 Å². The highest BCUT2D eigenvalue weighted by molar-refractivity contribution is 14.1. The van der Waals surface area contributed by atoms with Gasteiger partial charge in [0.1, 0.15) is 17.7 Å². The zero-order chi connectivity index (χ0) is 48.3. The molecule has 0 aliphatic rings. The van der Waals surface area contributed by atoms with Gasteiger partial charge < -0.3 is 33.5 Å². The second-order valence-corrected chi connectivity index (χ2v) is 21.5. The van der Waals surface area contributed by atoms with E-state index in [4.69, 9.17) is 14.5 Å². The Kier molecular flexibility index (Phi) is 20.5. The average Bonchev–Trinajstić information content (AvgIpc) is 3.27. The maximum absolute atomic E-state index is 12.4. The summed E-state index contributed by atoms with van der Waals surface area (Å²) in [6, 6.07) is 45.7. The molecular weight excluding hydrogens is 1300 g/mol. The number of nitrogens with one attached hydrogen (secondary N) is 2. The number of carbonyl (C=O) groups is 2. The smallest absolute Gasteiger partial charge is 0.412 e. The first-order valence-corrected chi connectivity index (χ1v) is 27.1. The van der Waals surface area contributed by atoms with Crippen LogP contribution in [0.25, 0.3) is 65.9 Å². The molecule has 0 radical (unpaired) electrons. The third kappa shape index (κ3) is 15.1. The van der Waals surface area contributed by atoms with Crippen LogP contribution in [0.5, 0.6) is 0 Å². The number of ether oxygens (including phenoxy) is 2. The van der Waals surface area contributed by atoms with Gasteiger partial charge >= 0.3 is 12.2 Å². The van der Waals surface area contributed by atoms with Crippen molar-refractivity contribution in [2.24, 2.45) is 0 Å². The SMILES string of the molecule is Cc1ccc2c(c1)c(-c1ccccc1)[n+](CCCI)c1cc(NC(=O)OC(C)(C)C)ccc21.Cc1ccc2c(c1)c(-c1ccccc1)nc1cc(NC(=O)OC(C)(C)C)ccc12.ICCCI.[I-]. The number of carbonyl (C=O) groups excluding carboxylic acids is 2. The fraction of sp³-hybridized carbons (Fsp3) is 0.286. The minimum absolute atomic E-state index is 0. The number of amides is 2. The maximum Gasteiger partial charge on any atom is 0.412 e. The minimum atomic E-state index is -0.548. The molecule has 0 aliphatic carbocycles. The van der Waals surface area contributed by atoms with Crippen LogP contribution in [0.3, 0.4) is 0 Å². The van der Waals surface area contributed by atoms with Crippen molar-refractivity contribution in [2.45, 2.75) is 86.0 Å². The van der Waals surface area contributed by atoms with Crippen molar-refractivity contribution in [1.29, 1.82) is 0 Å². The Bertz CT molecular complexity index is 2990. The van der Waals surface area contributed by atoms with Crippen LogP contribution >= 0.6 is 67.8 Å². The van der Waals surface area contributed by atoms with E-state index in [1.165, 1.54) is 53.8 Å². The van der Waals surface area contributed by atoms with Gasteiger partial charge in [-0.05, 0) is 116 Å². The normalized spacial score (nSPS) is 11.2. The second-order valence-electron chi connectivity index (χ2n) is 18.3. The quantitative estimate of drug-likeness (QED) is 0.0650. The van der Waals surface area contributed by atoms with Crippen LogP contribution in [0.15, 0.2) is 133 Å². The molecule has 0 aliphatic heterocycles. The zero-order valence-corrected chi connectivity index (χ0v) is 48.6. The summed E-state index contributed by atoms with van der Waals surface area (Å²) in [5, 5.41) is 12.7. The standard InChI is InChI=1S/C28H29IN2O2.C25H24N2O2.C3H6I2.HI/c1-19-11-13-22-23-14-12-21(30-27(32)33-28(2,3)4)18-25(23)31(16-8-15-29)26(24(22)17-19)20-9-6-5-7-10-20;1-16-10-12-19-20-13-11-18(26-24(28)29-25(2,3)4)15-22(20)27-23(21(19)14-16)17-8-6-5-7-9-17;4-2-1-3-5;/h5-7,9-14,17-18H,8,15-16H2,1-4H3;5-15H,1-4H3,(H,26,28);1-3H2;1H. The molecular formula is C56H60I4N4O4. The van der Waals surface area contributed by atoms with Crippen molar-refractivity contribution >= 4 is 135 Å². The predicted octanol–water partition coefficient (Wildman–Crippen LogP) is 13.4. The van der Waals surface area contributed by atoms with E-state index in [-0.39, 0.29) is 24.0 Å². The van der Waals surface area contributed by atoms with Gasteiger partial charge in [-0.25, -0.2) is 14.6 Å². The van der Waals surface area contributed by atoms with Crippen LogP contribution in [0.1, 0.15) is 65.5 Å². The first-order valence-electron chi connectivity index (χ1n) is 22.5. The van der Waals surface area contributed by atoms with Crippen LogP contribution in [0.4, 0.5) is 21.0 Å². The monoisotopic (exact) mass is 1360 g/mol. The van der Waals surface area contributed by atoms with E-state index in [1.54, 1.807) is 0 Å². The first kappa shape index (κ1) is 55.1. The van der Waals surface area contributed by atoms with Crippen molar-refractivity contribution in [3.8, 4) is 22.5 Å². The van der Waals surface area contributed by atoms with Crippen molar-refractivity contribution < 1.29 is 47.6 Å². The van der Waals surface area contributed by atoms with E-state index in [0.29, 0.717) is 5.69 Å². The molecule has 6 aromatic carbocycles. The van der Waals surface area contributed by atoms with Crippen LogP contribution in [0.2, 0.25) is 0 Å². The van der Waals surface area contributed by atoms with Crippen molar-refractivity contribution in [3.63, 3.8) is 0 Å². The summed E-state index contributed by atoms with van der Waals surface area (Å²) >= 11 is 7.20. The lowest BCUT2D eigenvalue weighted by Gasteiger charge is -2.20. The Morgan fingerprint density at radius 2 is 1.01 bits per heavy atom. The number of halogens is 4. The van der Waals surface area contributed by atoms with Gasteiger partial charge in [-0.15, -0.1) is 0 Å². The number of aromatic nitrogens is 2. The van der Waals surface area contributed by atoms with Crippen LogP contribution in [-0.4, -0.2) is 41.7 Å². The van der Waals surface area contributed by atoms with Crippen LogP contribution < -0.4 is 39.2 Å². The van der Waals surface area contributed by atoms with Crippen molar-refractivity contribution in [2.75, 3.05) is 23.9 Å². The average molecular weight is 1360 g/mol. The Hall–Kier alpha value is -3.88. The lowest BCUT2D eigenvalue weighted by molar-refractivity contribution is -0.659. The van der Waals surface area contributed by atoms with Gasteiger partial charge in [-0.1, -0.05) is 158 Å². The fourth-order valence-corrected chi connectivity index (χ4v) is 10.2. The molecule has 2 amide bonds. The van der Waals surface area contributed by atoms with Crippen LogP contribution in [-0.2, 0) is 16.0 Å². The van der Waals surface area contributed by atoms with E-state index >= 15 is 0 Å². The van der Waals surface area contributed by atoms with Gasteiger partial charge in [0.05, 0.1) is 27.7 Å². The number of rotatable bonds is 9. The number of hydrogen-bond donors (Lipinski definition) is 2. The summed E-state index contributed by atoms with van der Waals surface area (Å²) in [6.07, 6.45) is 1.50. The molecule has 68 heavy (non-hydrogen) atoms. The largest absolute Gasteiger partial charge is 1.00 e. The van der Waals surface area contributed by atoms with Gasteiger partial charge in [-0.3, -0.25) is 10.6 Å². The van der Waals surface area contributed by atoms with Gasteiger partial charge in [0.2, 0.25) is 11.2 Å². The number of nitrogens with zero attached hydrogens (tertiary/aromatic N) is 2. The summed E-state index contributed by atoms with van der Waals surface area (Å²) in [6.45, 7) is 16.2. The van der Waals surface area contributed by atoms with Gasteiger partial charge in [0, 0.05) is 58.7 Å². The van der Waals surface area contributed by atoms with Gasteiger partial charge in [-0.2, -0.15) is 4.57 Å². The van der Waals surface area contributed by atoms with Crippen LogP contribution in [0, 0.1) is 13.8 Å². The van der Waals surface area contributed by atoms with E-state index in [2.05, 4.69) is 188 Å². The number of pyridine rings is 2. The topological polar surface area (TPSA) is 93.4 Å². The van der Waals surface area contributed by atoms with E-state index < -0.39 is 23.4 Å². The number of alkyl halides is 3. The minimum Gasteiger partial charge on any atom is -1.00 e. The Balaban J connectivity index is 0.000000230. The number of fused-ring (bicyclic) bond motifs is 6. The highest BCUT2D eigenvalue weighted by atomic mass is 127. The lowest BCUT2D eigenvalue weighted by Crippen LogP contribution is -3.00. The fourth-order valence-electron chi connectivity index (χ4n) is 7.68. The van der Waals surface area contributed by atoms with Crippen molar-refractivity contribution in [1.82, 2.24) is 4.98 Å². The Morgan fingerprint density at radius 1 is 0.544 bits per heavy atom. The summed E-state index contributed by atoms with van der Waals surface area (Å²) in [7, 11) is 0. The molecule has 0 saturated heterocycles. The molecule has 8 rings (SSSR count). The van der Waals surface area contributed by atoms with E-state index in [9.17, 15) is 9.59 Å². The Morgan fingerprint density at radius 3 is 1.53 bits per heavy atom. The first-order chi connectivity index (χ1) is 32.0. The summed E-state index contributed by atoms with van der Waals surface area (Å²) in [5.74, 6) is 0. The molecule has 356 valence electrons. The van der Waals surface area contributed by atoms with Gasteiger partial charge in [0.25, 0.3) is 0 Å². The summed E-state index contributed by atoms with van der Waals surface area (Å²) < 4.78 is 16.9. The summed E-state index contributed by atoms with van der Waals surface area (Å²) in [4.78, 5) is 29.5. The zero-order valence-electron chi connectivity index (χ0n) is 40.0. The molecule has 8 nitrogen and oxygen atoms in total. The third-order valence-corrected chi connectivity index (χ3v) is 12.7. The molecule has 0 bridgehead atoms. The molecule has 2 N–H and O–H groups in total. The highest BCUT2D eigenvalue weighted by Gasteiger charge is 2.25. The number of aryl methyl sites for hydroxylation is 3. The molecule has 0 atom stereocenters. The molecule has 12 heteroatoms.